The van der Waals surface area contributed by atoms with Crippen molar-refractivity contribution in [2.75, 3.05) is 11.9 Å². The average molecular weight is 388 g/mol. The lowest BCUT2D eigenvalue weighted by Gasteiger charge is -2.27. The Bertz CT molecular complexity index is 845. The minimum absolute atomic E-state index is 0.276. The van der Waals surface area contributed by atoms with Crippen LogP contribution in [0.3, 0.4) is 0 Å². The molecule has 0 spiro atoms. The van der Waals surface area contributed by atoms with Crippen LogP contribution < -0.4 is 10.2 Å². The minimum Gasteiger partial charge on any atom is -0.340 e. The summed E-state index contributed by atoms with van der Waals surface area (Å²) in [6.45, 7) is 7.64. The number of nitrogens with zero attached hydrogens (tertiary/aromatic N) is 1. The van der Waals surface area contributed by atoms with Gasteiger partial charge in [-0.2, -0.15) is 0 Å². The Balaban J connectivity index is 2.27. The highest BCUT2D eigenvalue weighted by Crippen LogP contribution is 2.22. The van der Waals surface area contributed by atoms with E-state index in [1.54, 1.807) is 27.0 Å². The van der Waals surface area contributed by atoms with Gasteiger partial charge in [-0.3, -0.25) is 9.59 Å². The number of hydrogen-bond donors (Lipinski definition) is 1. The number of halogens is 2. The highest BCUT2D eigenvalue weighted by molar-refractivity contribution is 6.02. The maximum Gasteiger partial charge on any atom is 0.257 e. The maximum atomic E-state index is 13.9. The second-order valence-corrected chi connectivity index (χ2v) is 7.44. The molecular weight excluding hydrogens is 362 g/mol. The Kier molecular flexibility index (Phi) is 6.89. The average Bonchev–Trinajstić information content (AvgIpc) is 2.64. The summed E-state index contributed by atoms with van der Waals surface area (Å²) in [6, 6.07) is 9.84. The zero-order valence-corrected chi connectivity index (χ0v) is 16.8. The van der Waals surface area contributed by atoms with Gasteiger partial charge in [0, 0.05) is 12.7 Å². The lowest BCUT2D eigenvalue weighted by atomic mass is 10.00. The van der Waals surface area contributed by atoms with Gasteiger partial charge in [0.2, 0.25) is 5.91 Å². The predicted molar refractivity (Wildman–Crippen MR) is 106 cm³/mol. The predicted octanol–water partition coefficient (Wildman–Crippen LogP) is 4.51. The van der Waals surface area contributed by atoms with E-state index < -0.39 is 29.1 Å². The van der Waals surface area contributed by atoms with Crippen LogP contribution in [0.1, 0.15) is 49.5 Å². The van der Waals surface area contributed by atoms with E-state index in [0.717, 1.165) is 17.7 Å². The molecule has 0 bridgehead atoms. The fourth-order valence-corrected chi connectivity index (χ4v) is 2.87. The second kappa shape index (κ2) is 8.95. The molecule has 0 aliphatic rings. The van der Waals surface area contributed by atoms with Gasteiger partial charge in [0.1, 0.15) is 23.2 Å². The molecule has 0 heterocycles. The smallest absolute Gasteiger partial charge is 0.257 e. The standard InChI is InChI=1S/C22H26F2N2O2/c1-13(2)15-8-6-9-16(12-15)26(5)22(28)20(14(3)4)25-21(27)19-17(23)10-7-11-18(19)24/h6-14,20H,1-5H3,(H,25,27). The zero-order valence-electron chi connectivity index (χ0n) is 16.8. The van der Waals surface area contributed by atoms with E-state index in [0.29, 0.717) is 11.6 Å². The van der Waals surface area contributed by atoms with Crippen LogP contribution in [-0.4, -0.2) is 24.9 Å². The molecule has 2 aromatic carbocycles. The van der Waals surface area contributed by atoms with Crippen molar-refractivity contribution in [3.63, 3.8) is 0 Å². The molecule has 0 aliphatic carbocycles. The molecular formula is C22H26F2N2O2. The molecule has 0 saturated heterocycles. The summed E-state index contributed by atoms with van der Waals surface area (Å²) >= 11 is 0. The maximum absolute atomic E-state index is 13.9. The van der Waals surface area contributed by atoms with Crippen LogP contribution in [0.25, 0.3) is 0 Å². The van der Waals surface area contributed by atoms with E-state index in [9.17, 15) is 18.4 Å². The van der Waals surface area contributed by atoms with E-state index in [2.05, 4.69) is 19.2 Å². The zero-order chi connectivity index (χ0) is 21.0. The fraction of sp³-hybridized carbons (Fsp3) is 0.364. The van der Waals surface area contributed by atoms with Gasteiger partial charge in [0.25, 0.3) is 5.91 Å². The molecule has 1 atom stereocenters. The number of carbonyl (C=O) groups is 2. The lowest BCUT2D eigenvalue weighted by molar-refractivity contribution is -0.121. The van der Waals surface area contributed by atoms with Gasteiger partial charge in [-0.1, -0.05) is 45.9 Å². The molecule has 1 unspecified atom stereocenters. The van der Waals surface area contributed by atoms with Crippen molar-refractivity contribution in [2.24, 2.45) is 5.92 Å². The first-order valence-corrected chi connectivity index (χ1v) is 9.25. The molecule has 0 saturated carbocycles. The van der Waals surface area contributed by atoms with Crippen molar-refractivity contribution in [3.8, 4) is 0 Å². The van der Waals surface area contributed by atoms with Crippen molar-refractivity contribution in [2.45, 2.75) is 39.7 Å². The van der Waals surface area contributed by atoms with Crippen LogP contribution in [0, 0.1) is 17.6 Å². The highest BCUT2D eigenvalue weighted by atomic mass is 19.1. The Labute approximate surface area is 164 Å². The van der Waals surface area contributed by atoms with Gasteiger partial charge >= 0.3 is 0 Å². The number of amides is 2. The fourth-order valence-electron chi connectivity index (χ4n) is 2.87. The SMILES string of the molecule is CC(C)c1cccc(N(C)C(=O)C(NC(=O)c2c(F)cccc2F)C(C)C)c1. The van der Waals surface area contributed by atoms with Gasteiger partial charge in [-0.25, -0.2) is 8.78 Å². The van der Waals surface area contributed by atoms with Gasteiger partial charge in [-0.15, -0.1) is 0 Å². The molecule has 0 aliphatic heterocycles. The molecule has 2 rings (SSSR count). The Morgan fingerprint density at radius 3 is 2.07 bits per heavy atom. The van der Waals surface area contributed by atoms with Crippen molar-refractivity contribution < 1.29 is 18.4 Å². The van der Waals surface area contributed by atoms with E-state index in [-0.39, 0.29) is 11.8 Å². The summed E-state index contributed by atoms with van der Waals surface area (Å²) < 4.78 is 27.8. The Morgan fingerprint density at radius 2 is 1.54 bits per heavy atom. The monoisotopic (exact) mass is 388 g/mol. The van der Waals surface area contributed by atoms with Crippen molar-refractivity contribution >= 4 is 17.5 Å². The number of hydrogen-bond acceptors (Lipinski definition) is 2. The first-order valence-electron chi connectivity index (χ1n) is 9.25. The minimum atomic E-state index is -0.967. The number of likely N-dealkylation sites (N-methyl/N-ethyl adjacent to an activating group) is 1. The van der Waals surface area contributed by atoms with Crippen LogP contribution in [0.4, 0.5) is 14.5 Å². The van der Waals surface area contributed by atoms with E-state index >= 15 is 0 Å². The molecule has 0 radical (unpaired) electrons. The molecule has 0 fully saturated rings. The van der Waals surface area contributed by atoms with Crippen molar-refractivity contribution in [3.05, 3.63) is 65.2 Å². The van der Waals surface area contributed by atoms with E-state index in [1.165, 1.54) is 11.0 Å². The summed E-state index contributed by atoms with van der Waals surface area (Å²) in [7, 11) is 1.62. The number of rotatable bonds is 6. The molecule has 2 aromatic rings. The third-order valence-electron chi connectivity index (χ3n) is 4.66. The van der Waals surface area contributed by atoms with E-state index in [4.69, 9.17) is 0 Å². The normalized spacial score (nSPS) is 12.2. The van der Waals surface area contributed by atoms with Crippen LogP contribution in [0.15, 0.2) is 42.5 Å². The summed E-state index contributed by atoms with van der Waals surface area (Å²) in [5.74, 6) is -3.22. The molecule has 0 aromatic heterocycles. The summed E-state index contributed by atoms with van der Waals surface area (Å²) in [5, 5.41) is 2.49. The third-order valence-corrected chi connectivity index (χ3v) is 4.66. The third kappa shape index (κ3) is 4.74. The summed E-state index contributed by atoms with van der Waals surface area (Å²) in [6.07, 6.45) is 0. The number of anilines is 1. The van der Waals surface area contributed by atoms with Gasteiger partial charge in [0.15, 0.2) is 0 Å². The van der Waals surface area contributed by atoms with Gasteiger partial charge in [-0.05, 0) is 41.7 Å². The first-order chi connectivity index (χ1) is 13.1. The highest BCUT2D eigenvalue weighted by Gasteiger charge is 2.30. The molecule has 4 nitrogen and oxygen atoms in total. The van der Waals surface area contributed by atoms with Gasteiger partial charge in [0.05, 0.1) is 0 Å². The number of carbonyl (C=O) groups excluding carboxylic acids is 2. The molecule has 6 heteroatoms. The molecule has 150 valence electrons. The molecule has 1 N–H and O–H groups in total. The summed E-state index contributed by atoms with van der Waals surface area (Å²) in [4.78, 5) is 26.9. The second-order valence-electron chi connectivity index (χ2n) is 7.44. The summed E-state index contributed by atoms with van der Waals surface area (Å²) in [5.41, 5.74) is 1.08. The topological polar surface area (TPSA) is 49.4 Å². The largest absolute Gasteiger partial charge is 0.340 e. The van der Waals surface area contributed by atoms with Crippen LogP contribution in [0.5, 0.6) is 0 Å². The number of benzene rings is 2. The van der Waals surface area contributed by atoms with Crippen molar-refractivity contribution in [1.82, 2.24) is 5.32 Å². The van der Waals surface area contributed by atoms with Crippen LogP contribution >= 0.6 is 0 Å². The Morgan fingerprint density at radius 1 is 0.964 bits per heavy atom. The Hall–Kier alpha value is -2.76. The number of nitrogens with one attached hydrogen (secondary N) is 1. The lowest BCUT2D eigenvalue weighted by Crippen LogP contribution is -2.50. The first kappa shape index (κ1) is 21.5. The quantitative estimate of drug-likeness (QED) is 0.792. The van der Waals surface area contributed by atoms with Gasteiger partial charge < -0.3 is 10.2 Å². The van der Waals surface area contributed by atoms with E-state index in [1.807, 2.05) is 18.2 Å². The van der Waals surface area contributed by atoms with Crippen LogP contribution in [-0.2, 0) is 4.79 Å². The van der Waals surface area contributed by atoms with Crippen molar-refractivity contribution in [1.29, 1.82) is 0 Å². The molecule has 2 amide bonds. The van der Waals surface area contributed by atoms with Crippen LogP contribution in [0.2, 0.25) is 0 Å². The molecule has 28 heavy (non-hydrogen) atoms.